The second-order valence-electron chi connectivity index (χ2n) is 1.55. The third-order valence-corrected chi connectivity index (χ3v) is 2.11. The van der Waals surface area contributed by atoms with E-state index in [1.165, 1.54) is 0 Å². The van der Waals surface area contributed by atoms with Crippen molar-refractivity contribution in [2.75, 3.05) is 6.61 Å². The standard InChI is InChI=1S/C5H7Cl3O2/c1-2-10-5(8,3-9)4(6)7/h3-4H,2H2,1H3. The summed E-state index contributed by atoms with van der Waals surface area (Å²) in [5, 5.41) is -1.59. The molecule has 10 heavy (non-hydrogen) atoms. The molecule has 0 aliphatic rings. The van der Waals surface area contributed by atoms with Crippen molar-refractivity contribution >= 4 is 41.1 Å². The van der Waals surface area contributed by atoms with E-state index >= 15 is 0 Å². The number of hydrogen-bond acceptors (Lipinski definition) is 2. The van der Waals surface area contributed by atoms with Crippen molar-refractivity contribution in [2.24, 2.45) is 0 Å². The lowest BCUT2D eigenvalue weighted by Gasteiger charge is -2.20. The molecule has 0 saturated carbocycles. The monoisotopic (exact) mass is 204 g/mol. The molecule has 0 radical (unpaired) electrons. The first-order chi connectivity index (χ1) is 4.56. The number of alkyl halides is 3. The van der Waals surface area contributed by atoms with Crippen molar-refractivity contribution in [3.8, 4) is 0 Å². The Bertz CT molecular complexity index is 117. The summed E-state index contributed by atoms with van der Waals surface area (Å²) in [6.45, 7) is 1.98. The third-order valence-electron chi connectivity index (χ3n) is 0.824. The summed E-state index contributed by atoms with van der Waals surface area (Å²) < 4.78 is 4.77. The fourth-order valence-corrected chi connectivity index (χ4v) is 0.708. The Morgan fingerprint density at radius 2 is 2.20 bits per heavy atom. The minimum absolute atomic E-state index is 0.290. The van der Waals surface area contributed by atoms with Gasteiger partial charge in [-0.25, -0.2) is 0 Å². The van der Waals surface area contributed by atoms with Crippen LogP contribution in [0.25, 0.3) is 0 Å². The number of ether oxygens (including phenoxy) is 1. The van der Waals surface area contributed by atoms with Crippen LogP contribution in [0.3, 0.4) is 0 Å². The minimum Gasteiger partial charge on any atom is -0.351 e. The molecule has 0 spiro atoms. The zero-order chi connectivity index (χ0) is 8.20. The average molecular weight is 205 g/mol. The van der Waals surface area contributed by atoms with Gasteiger partial charge in [0.1, 0.15) is 0 Å². The van der Waals surface area contributed by atoms with E-state index in [1.807, 2.05) is 0 Å². The molecule has 0 aromatic heterocycles. The molecule has 0 aromatic carbocycles. The highest BCUT2D eigenvalue weighted by Gasteiger charge is 2.35. The molecule has 0 aliphatic heterocycles. The highest BCUT2D eigenvalue weighted by molar-refractivity contribution is 6.51. The van der Waals surface area contributed by atoms with Gasteiger partial charge in [-0.1, -0.05) is 11.6 Å². The van der Waals surface area contributed by atoms with Gasteiger partial charge in [0, 0.05) is 6.61 Å². The van der Waals surface area contributed by atoms with Gasteiger partial charge in [0.05, 0.1) is 0 Å². The van der Waals surface area contributed by atoms with Gasteiger partial charge in [-0.05, 0) is 6.92 Å². The van der Waals surface area contributed by atoms with Crippen LogP contribution < -0.4 is 0 Å². The molecule has 0 N–H and O–H groups in total. The zero-order valence-electron chi connectivity index (χ0n) is 5.31. The predicted molar refractivity (Wildman–Crippen MR) is 41.8 cm³/mol. The predicted octanol–water partition coefficient (Wildman–Crippen LogP) is 1.96. The van der Waals surface area contributed by atoms with E-state index < -0.39 is 9.90 Å². The van der Waals surface area contributed by atoms with E-state index in [-0.39, 0.29) is 6.61 Å². The number of carbonyl (C=O) groups excluding carboxylic acids is 1. The first-order valence-electron chi connectivity index (χ1n) is 2.64. The maximum absolute atomic E-state index is 10.2. The first kappa shape index (κ1) is 10.5. The van der Waals surface area contributed by atoms with E-state index in [0.717, 1.165) is 0 Å². The Morgan fingerprint density at radius 1 is 1.70 bits per heavy atom. The van der Waals surface area contributed by atoms with Gasteiger partial charge in [0.2, 0.25) is 5.06 Å². The average Bonchev–Trinajstić information content (AvgIpc) is 1.88. The van der Waals surface area contributed by atoms with Crippen LogP contribution in [0.5, 0.6) is 0 Å². The molecular weight excluding hydrogens is 198 g/mol. The highest BCUT2D eigenvalue weighted by Crippen LogP contribution is 2.26. The van der Waals surface area contributed by atoms with Crippen LogP contribution in [0, 0.1) is 0 Å². The minimum atomic E-state index is -1.59. The molecule has 60 valence electrons. The summed E-state index contributed by atoms with van der Waals surface area (Å²) in [5.74, 6) is 0. The molecule has 0 amide bonds. The maximum atomic E-state index is 10.2. The van der Waals surface area contributed by atoms with Crippen LogP contribution in [0.15, 0.2) is 0 Å². The maximum Gasteiger partial charge on any atom is 0.227 e. The molecule has 2 nitrogen and oxygen atoms in total. The normalized spacial score (nSPS) is 16.9. The van der Waals surface area contributed by atoms with E-state index in [9.17, 15) is 4.79 Å². The molecule has 0 rings (SSSR count). The Morgan fingerprint density at radius 3 is 2.30 bits per heavy atom. The summed E-state index contributed by atoms with van der Waals surface area (Å²) in [6.07, 6.45) is 0.378. The third kappa shape index (κ3) is 2.62. The lowest BCUT2D eigenvalue weighted by atomic mass is 10.4. The fourth-order valence-electron chi connectivity index (χ4n) is 0.370. The number of hydrogen-bond donors (Lipinski definition) is 0. The van der Waals surface area contributed by atoms with Gasteiger partial charge in [0.15, 0.2) is 11.1 Å². The zero-order valence-corrected chi connectivity index (χ0v) is 7.58. The van der Waals surface area contributed by atoms with Crippen LogP contribution in [0.1, 0.15) is 6.92 Å². The van der Waals surface area contributed by atoms with Gasteiger partial charge in [-0.3, -0.25) is 4.79 Å². The van der Waals surface area contributed by atoms with Crippen LogP contribution >= 0.6 is 34.8 Å². The smallest absolute Gasteiger partial charge is 0.227 e. The summed E-state index contributed by atoms with van der Waals surface area (Å²) in [7, 11) is 0. The summed E-state index contributed by atoms with van der Waals surface area (Å²) >= 11 is 16.2. The number of halogens is 3. The van der Waals surface area contributed by atoms with E-state index in [1.54, 1.807) is 6.92 Å². The van der Waals surface area contributed by atoms with Crippen molar-refractivity contribution in [1.29, 1.82) is 0 Å². The van der Waals surface area contributed by atoms with Crippen molar-refractivity contribution in [3.63, 3.8) is 0 Å². The molecule has 0 saturated heterocycles. The van der Waals surface area contributed by atoms with Crippen LogP contribution in [0.4, 0.5) is 0 Å². The molecule has 5 heteroatoms. The number of rotatable bonds is 4. The molecule has 0 bridgehead atoms. The van der Waals surface area contributed by atoms with Crippen molar-refractivity contribution < 1.29 is 9.53 Å². The van der Waals surface area contributed by atoms with Crippen molar-refractivity contribution in [3.05, 3.63) is 0 Å². The van der Waals surface area contributed by atoms with Gasteiger partial charge in [0.25, 0.3) is 0 Å². The summed E-state index contributed by atoms with van der Waals surface area (Å²) in [5.41, 5.74) is 0. The van der Waals surface area contributed by atoms with Gasteiger partial charge in [-0.15, -0.1) is 23.2 Å². The molecule has 0 aliphatic carbocycles. The van der Waals surface area contributed by atoms with Gasteiger partial charge < -0.3 is 4.74 Å². The molecule has 1 atom stereocenters. The second-order valence-corrected chi connectivity index (χ2v) is 3.24. The summed E-state index contributed by atoms with van der Waals surface area (Å²) in [4.78, 5) is 9.18. The Hall–Kier alpha value is 0.500. The first-order valence-corrected chi connectivity index (χ1v) is 3.89. The van der Waals surface area contributed by atoms with Gasteiger partial charge >= 0.3 is 0 Å². The molecule has 0 heterocycles. The summed E-state index contributed by atoms with van der Waals surface area (Å²) in [6, 6.07) is 0. The SMILES string of the molecule is CCOC(Cl)(C=O)C(Cl)Cl. The second kappa shape index (κ2) is 4.39. The topological polar surface area (TPSA) is 26.3 Å². The fraction of sp³-hybridized carbons (Fsp3) is 0.800. The van der Waals surface area contributed by atoms with E-state index in [4.69, 9.17) is 39.5 Å². The van der Waals surface area contributed by atoms with Crippen LogP contribution in [-0.4, -0.2) is 22.8 Å². The van der Waals surface area contributed by atoms with E-state index in [0.29, 0.717) is 6.29 Å². The Kier molecular flexibility index (Phi) is 4.61. The van der Waals surface area contributed by atoms with Crippen LogP contribution in [0.2, 0.25) is 0 Å². The molecular formula is C5H7Cl3O2. The van der Waals surface area contributed by atoms with E-state index in [2.05, 4.69) is 0 Å². The highest BCUT2D eigenvalue weighted by atomic mass is 35.5. The number of aldehydes is 1. The molecule has 0 fully saturated rings. The lowest BCUT2D eigenvalue weighted by molar-refractivity contribution is -0.120. The Labute approximate surface area is 74.4 Å². The number of carbonyl (C=O) groups is 1. The van der Waals surface area contributed by atoms with Crippen molar-refractivity contribution in [1.82, 2.24) is 0 Å². The molecule has 1 unspecified atom stereocenters. The quantitative estimate of drug-likeness (QED) is 0.518. The Balaban J connectivity index is 4.08. The van der Waals surface area contributed by atoms with Crippen LogP contribution in [-0.2, 0) is 9.53 Å². The molecule has 0 aromatic rings. The lowest BCUT2D eigenvalue weighted by Crippen LogP contribution is -2.34. The van der Waals surface area contributed by atoms with Gasteiger partial charge in [-0.2, -0.15) is 0 Å². The largest absolute Gasteiger partial charge is 0.351 e. The van der Waals surface area contributed by atoms with Crippen molar-refractivity contribution in [2.45, 2.75) is 16.8 Å².